The van der Waals surface area contributed by atoms with Gasteiger partial charge < -0.3 is 19.9 Å². The molecule has 7 rings (SSSR count). The average molecular weight is 605 g/mol. The van der Waals surface area contributed by atoms with Crippen LogP contribution in [0.2, 0.25) is 0 Å². The van der Waals surface area contributed by atoms with Crippen LogP contribution in [0.4, 0.5) is 4.39 Å². The molecule has 0 spiro atoms. The van der Waals surface area contributed by atoms with Gasteiger partial charge in [0.1, 0.15) is 29.4 Å². The van der Waals surface area contributed by atoms with Crippen LogP contribution in [0.5, 0.6) is 5.75 Å². The summed E-state index contributed by atoms with van der Waals surface area (Å²) in [6.45, 7) is 3.04. The van der Waals surface area contributed by atoms with Crippen LogP contribution < -0.4 is 10.1 Å². The summed E-state index contributed by atoms with van der Waals surface area (Å²) >= 11 is 0. The van der Waals surface area contributed by atoms with Crippen molar-refractivity contribution in [2.24, 2.45) is 5.92 Å². The molecule has 10 heteroatoms. The van der Waals surface area contributed by atoms with Crippen LogP contribution in [0.15, 0.2) is 67.3 Å². The van der Waals surface area contributed by atoms with Crippen molar-refractivity contribution in [3.05, 3.63) is 78.6 Å². The van der Waals surface area contributed by atoms with E-state index < -0.39 is 0 Å². The van der Waals surface area contributed by atoms with Crippen molar-refractivity contribution in [1.29, 1.82) is 0 Å². The topological polar surface area (TPSA) is 108 Å². The van der Waals surface area contributed by atoms with Crippen LogP contribution in [0.3, 0.4) is 0 Å². The molecule has 230 valence electrons. The Balaban J connectivity index is 1.17. The van der Waals surface area contributed by atoms with Crippen LogP contribution in [0, 0.1) is 11.7 Å². The standard InChI is InChI=1S/C35H37FN8O/c1-44(2)9-10-45-27-13-24(12-26(36)14-27)29-20-39-21-33-28(29)15-32(40-33)35-34-31(42-43-35)8-7-30(41-34)25-11-23(18-38-19-25)17-37-16-22-5-3-4-6-22/h7-8,11-15,18-22,37,40H,3-6,9-10,16-17H2,1-2H3,(H,42,43). The van der Waals surface area contributed by atoms with Gasteiger partial charge in [-0.1, -0.05) is 12.8 Å². The molecule has 9 nitrogen and oxygen atoms in total. The fourth-order valence-electron chi connectivity index (χ4n) is 6.16. The van der Waals surface area contributed by atoms with Gasteiger partial charge in [0.25, 0.3) is 0 Å². The maximum atomic E-state index is 14.7. The molecule has 1 fully saturated rings. The molecule has 5 heterocycles. The highest BCUT2D eigenvalue weighted by Crippen LogP contribution is 2.35. The molecule has 6 aromatic rings. The van der Waals surface area contributed by atoms with E-state index in [1.807, 2.05) is 55.7 Å². The van der Waals surface area contributed by atoms with Crippen LogP contribution >= 0.6 is 0 Å². The van der Waals surface area contributed by atoms with Gasteiger partial charge in [-0.05, 0) is 86.9 Å². The van der Waals surface area contributed by atoms with Crippen molar-refractivity contribution >= 4 is 21.9 Å². The van der Waals surface area contributed by atoms with E-state index in [9.17, 15) is 4.39 Å². The summed E-state index contributed by atoms with van der Waals surface area (Å²) in [4.78, 5) is 19.4. The second kappa shape index (κ2) is 12.7. The zero-order valence-corrected chi connectivity index (χ0v) is 25.6. The molecule has 0 atom stereocenters. The van der Waals surface area contributed by atoms with Crippen molar-refractivity contribution < 1.29 is 9.13 Å². The first-order chi connectivity index (χ1) is 22.0. The molecular formula is C35H37FN8O. The third kappa shape index (κ3) is 6.43. The van der Waals surface area contributed by atoms with Gasteiger partial charge in [-0.25, -0.2) is 9.37 Å². The lowest BCUT2D eigenvalue weighted by atomic mass is 10.0. The SMILES string of the molecule is CN(C)CCOc1cc(F)cc(-c2cncc3[nH]c(-c4n[nH]c5ccc(-c6cncc(CNCC7CCCC7)c6)nc45)cc23)c1. The summed E-state index contributed by atoms with van der Waals surface area (Å²) in [6.07, 6.45) is 12.6. The van der Waals surface area contributed by atoms with Crippen LogP contribution in [0.25, 0.3) is 55.7 Å². The van der Waals surface area contributed by atoms with Gasteiger partial charge in [-0.15, -0.1) is 0 Å². The van der Waals surface area contributed by atoms with E-state index in [1.165, 1.54) is 37.8 Å². The molecule has 0 bridgehead atoms. The smallest absolute Gasteiger partial charge is 0.135 e. The number of hydrogen-bond donors (Lipinski definition) is 3. The first kappa shape index (κ1) is 29.1. The molecule has 45 heavy (non-hydrogen) atoms. The molecular weight excluding hydrogens is 567 g/mol. The second-order valence-electron chi connectivity index (χ2n) is 12.2. The quantitative estimate of drug-likeness (QED) is 0.153. The van der Waals surface area contributed by atoms with E-state index in [1.54, 1.807) is 12.4 Å². The number of aromatic nitrogens is 6. The first-order valence-corrected chi connectivity index (χ1v) is 15.6. The minimum atomic E-state index is -0.363. The Morgan fingerprint density at radius 2 is 1.82 bits per heavy atom. The van der Waals surface area contributed by atoms with Crippen LogP contribution in [-0.4, -0.2) is 68.8 Å². The Morgan fingerprint density at radius 1 is 0.956 bits per heavy atom. The van der Waals surface area contributed by atoms with Crippen molar-refractivity contribution in [2.75, 3.05) is 33.8 Å². The lowest BCUT2D eigenvalue weighted by Crippen LogP contribution is -2.20. The van der Waals surface area contributed by atoms with E-state index >= 15 is 0 Å². The highest BCUT2D eigenvalue weighted by molar-refractivity contribution is 6.00. The van der Waals surface area contributed by atoms with E-state index in [-0.39, 0.29) is 5.82 Å². The minimum absolute atomic E-state index is 0.363. The number of rotatable bonds is 11. The largest absolute Gasteiger partial charge is 0.492 e. The fourth-order valence-corrected chi connectivity index (χ4v) is 6.16. The van der Waals surface area contributed by atoms with Gasteiger partial charge in [0.15, 0.2) is 0 Å². The monoisotopic (exact) mass is 604 g/mol. The summed E-state index contributed by atoms with van der Waals surface area (Å²) in [6, 6.07) is 12.9. The van der Waals surface area contributed by atoms with Gasteiger partial charge in [0.2, 0.25) is 0 Å². The molecule has 3 N–H and O–H groups in total. The minimum Gasteiger partial charge on any atom is -0.492 e. The molecule has 0 saturated heterocycles. The molecule has 1 aliphatic rings. The van der Waals surface area contributed by atoms with Gasteiger partial charge in [0, 0.05) is 54.3 Å². The van der Waals surface area contributed by atoms with Crippen LogP contribution in [0.1, 0.15) is 31.2 Å². The molecule has 0 unspecified atom stereocenters. The summed E-state index contributed by atoms with van der Waals surface area (Å²) in [7, 11) is 3.95. The van der Waals surface area contributed by atoms with Crippen molar-refractivity contribution in [2.45, 2.75) is 32.2 Å². The predicted molar refractivity (Wildman–Crippen MR) is 175 cm³/mol. The Morgan fingerprint density at radius 3 is 2.69 bits per heavy atom. The van der Waals surface area contributed by atoms with Crippen LogP contribution in [-0.2, 0) is 6.54 Å². The van der Waals surface area contributed by atoms with Crippen molar-refractivity contribution in [3.63, 3.8) is 0 Å². The summed E-state index contributed by atoms with van der Waals surface area (Å²) in [5.41, 5.74) is 8.30. The Hall–Kier alpha value is -4.67. The number of halogens is 1. The molecule has 0 amide bonds. The van der Waals surface area contributed by atoms with E-state index in [0.717, 1.165) is 75.6 Å². The highest BCUT2D eigenvalue weighted by Gasteiger charge is 2.17. The molecule has 1 aliphatic carbocycles. The fraction of sp³-hybridized carbons (Fsp3) is 0.314. The zero-order chi connectivity index (χ0) is 30.8. The van der Waals surface area contributed by atoms with Gasteiger partial charge in [-0.2, -0.15) is 5.10 Å². The number of hydrogen-bond acceptors (Lipinski definition) is 7. The normalized spacial score (nSPS) is 13.9. The first-order valence-electron chi connectivity index (χ1n) is 15.6. The molecule has 1 aromatic carbocycles. The number of pyridine rings is 3. The number of nitrogens with zero attached hydrogens (tertiary/aromatic N) is 5. The van der Waals surface area contributed by atoms with Gasteiger partial charge >= 0.3 is 0 Å². The van der Waals surface area contributed by atoms with Crippen molar-refractivity contribution in [1.82, 2.24) is 40.3 Å². The average Bonchev–Trinajstić information content (AvgIpc) is 3.80. The molecule has 0 radical (unpaired) electrons. The number of aromatic amines is 2. The summed E-state index contributed by atoms with van der Waals surface area (Å²) in [5, 5.41) is 12.3. The van der Waals surface area contributed by atoms with E-state index in [0.29, 0.717) is 23.6 Å². The Labute approximate surface area is 261 Å². The number of H-pyrrole nitrogens is 2. The lowest BCUT2D eigenvalue weighted by Gasteiger charge is -2.12. The van der Waals surface area contributed by atoms with Crippen molar-refractivity contribution in [3.8, 4) is 39.5 Å². The predicted octanol–water partition coefficient (Wildman–Crippen LogP) is 6.59. The van der Waals surface area contributed by atoms with E-state index in [4.69, 9.17) is 9.72 Å². The molecule has 5 aromatic heterocycles. The van der Waals surface area contributed by atoms with Gasteiger partial charge in [-0.3, -0.25) is 15.1 Å². The maximum Gasteiger partial charge on any atom is 0.135 e. The zero-order valence-electron chi connectivity index (χ0n) is 25.6. The molecule has 1 saturated carbocycles. The highest BCUT2D eigenvalue weighted by atomic mass is 19.1. The maximum absolute atomic E-state index is 14.7. The Kier molecular flexibility index (Phi) is 8.23. The molecule has 0 aliphatic heterocycles. The number of likely N-dealkylation sites (N-methyl/N-ethyl adjacent to an activating group) is 1. The Bertz CT molecular complexity index is 1940. The van der Waals surface area contributed by atoms with Gasteiger partial charge in [0.05, 0.1) is 28.6 Å². The number of fused-ring (bicyclic) bond motifs is 2. The lowest BCUT2D eigenvalue weighted by molar-refractivity contribution is 0.260. The van der Waals surface area contributed by atoms with E-state index in [2.05, 4.69) is 36.5 Å². The number of benzene rings is 1. The second-order valence-corrected chi connectivity index (χ2v) is 12.2. The summed E-state index contributed by atoms with van der Waals surface area (Å²) in [5.74, 6) is 0.913. The summed E-state index contributed by atoms with van der Waals surface area (Å²) < 4.78 is 20.5. The number of nitrogens with one attached hydrogen (secondary N) is 3. The third-order valence-corrected chi connectivity index (χ3v) is 8.53. The third-order valence-electron chi connectivity index (χ3n) is 8.53. The number of ether oxygens (including phenoxy) is 1.